The number of aryl methyl sites for hydroxylation is 3. The van der Waals surface area contributed by atoms with Crippen molar-refractivity contribution in [2.45, 2.75) is 27.3 Å². The summed E-state index contributed by atoms with van der Waals surface area (Å²) in [6.07, 6.45) is 6.93. The fourth-order valence-electron chi connectivity index (χ4n) is 3.11. The lowest BCUT2D eigenvalue weighted by Crippen LogP contribution is -2.32. The van der Waals surface area contributed by atoms with Crippen molar-refractivity contribution in [3.8, 4) is 11.4 Å². The molecule has 0 radical (unpaired) electrons. The summed E-state index contributed by atoms with van der Waals surface area (Å²) in [6.45, 7) is 6.47. The quantitative estimate of drug-likeness (QED) is 0.344. The molecule has 1 aromatic heterocycles. The molecule has 0 bridgehead atoms. The summed E-state index contributed by atoms with van der Waals surface area (Å²) in [5.41, 5.74) is 5.00. The third-order valence-electron chi connectivity index (χ3n) is 4.12. The highest BCUT2D eigenvalue weighted by Gasteiger charge is 2.13. The first-order chi connectivity index (χ1) is 11.8. The van der Waals surface area contributed by atoms with Crippen molar-refractivity contribution >= 4 is 5.69 Å². The Labute approximate surface area is 145 Å². The van der Waals surface area contributed by atoms with Crippen LogP contribution < -0.4 is 4.57 Å². The van der Waals surface area contributed by atoms with E-state index in [0.717, 1.165) is 16.8 Å². The second-order valence-electron chi connectivity index (χ2n) is 6.21. The van der Waals surface area contributed by atoms with Crippen molar-refractivity contribution < 1.29 is 14.6 Å². The van der Waals surface area contributed by atoms with Crippen molar-refractivity contribution in [1.82, 2.24) is 4.57 Å². The number of hydrogen-bond acceptors (Lipinski definition) is 3. The molecule has 3 rings (SSSR count). The molecule has 2 aromatic carbocycles. The van der Waals surface area contributed by atoms with Crippen molar-refractivity contribution in [3.05, 3.63) is 81.4 Å². The molecule has 0 aliphatic carbocycles. The molecule has 6 heteroatoms. The normalized spacial score (nSPS) is 10.8. The van der Waals surface area contributed by atoms with E-state index in [2.05, 4.69) is 39.2 Å². The lowest BCUT2D eigenvalue weighted by molar-refractivity contribution is -0.691. The van der Waals surface area contributed by atoms with Gasteiger partial charge in [-0.15, -0.1) is 0 Å². The molecule has 1 heterocycles. The molecule has 1 N–H and O–H groups in total. The van der Waals surface area contributed by atoms with E-state index in [1.54, 1.807) is 4.57 Å². The summed E-state index contributed by atoms with van der Waals surface area (Å²) < 4.78 is 3.66. The second kappa shape index (κ2) is 6.39. The Morgan fingerprint density at radius 3 is 2.52 bits per heavy atom. The fraction of sp³-hybridized carbons (Fsp3) is 0.211. The SMILES string of the molecule is Cc1cc(C)c(-n2[c-][n+](Cc3cc([N+](=O)[O-])ccc3O)cc2)c(C)c1. The molecule has 0 aliphatic heterocycles. The van der Waals surface area contributed by atoms with Crippen LogP contribution in [-0.2, 0) is 6.54 Å². The maximum absolute atomic E-state index is 10.9. The number of nitrogens with zero attached hydrogens (tertiary/aromatic N) is 3. The van der Waals surface area contributed by atoms with Crippen LogP contribution in [-0.4, -0.2) is 14.6 Å². The highest BCUT2D eigenvalue weighted by atomic mass is 16.6. The van der Waals surface area contributed by atoms with Crippen LogP contribution in [0.3, 0.4) is 0 Å². The van der Waals surface area contributed by atoms with Gasteiger partial charge in [-0.3, -0.25) is 10.1 Å². The Balaban J connectivity index is 1.93. The van der Waals surface area contributed by atoms with E-state index in [1.165, 1.54) is 23.8 Å². The van der Waals surface area contributed by atoms with Gasteiger partial charge in [0.15, 0.2) is 0 Å². The van der Waals surface area contributed by atoms with E-state index in [0.29, 0.717) is 12.1 Å². The average Bonchev–Trinajstić information content (AvgIpc) is 2.96. The molecule has 0 saturated carbocycles. The van der Waals surface area contributed by atoms with E-state index in [4.69, 9.17) is 0 Å². The lowest BCUT2D eigenvalue weighted by atomic mass is 10.1. The molecule has 6 nitrogen and oxygen atoms in total. The first kappa shape index (κ1) is 16.7. The van der Waals surface area contributed by atoms with Gasteiger partial charge in [0.1, 0.15) is 12.3 Å². The van der Waals surface area contributed by atoms with Crippen LogP contribution in [0, 0.1) is 37.2 Å². The average molecular weight is 337 g/mol. The maximum atomic E-state index is 10.9. The smallest absolute Gasteiger partial charge is 0.270 e. The van der Waals surface area contributed by atoms with Crippen LogP contribution in [0.1, 0.15) is 22.3 Å². The first-order valence-corrected chi connectivity index (χ1v) is 7.90. The highest BCUT2D eigenvalue weighted by molar-refractivity contribution is 5.48. The van der Waals surface area contributed by atoms with Crippen LogP contribution in [0.2, 0.25) is 0 Å². The monoisotopic (exact) mass is 337 g/mol. The van der Waals surface area contributed by atoms with E-state index in [1.807, 2.05) is 17.0 Å². The number of nitro benzene ring substituents is 1. The Bertz CT molecular complexity index is 937. The maximum Gasteiger partial charge on any atom is 0.270 e. The molecule has 0 saturated heterocycles. The molecule has 0 unspecified atom stereocenters. The Hall–Kier alpha value is -3.15. The summed E-state index contributed by atoms with van der Waals surface area (Å²) in [5.74, 6) is 0.0296. The Morgan fingerprint density at radius 2 is 1.88 bits per heavy atom. The van der Waals surface area contributed by atoms with Gasteiger partial charge in [0.2, 0.25) is 6.33 Å². The fourth-order valence-corrected chi connectivity index (χ4v) is 3.11. The predicted octanol–water partition coefficient (Wildman–Crippen LogP) is 3.15. The van der Waals surface area contributed by atoms with Crippen LogP contribution in [0.25, 0.3) is 5.69 Å². The number of phenols is 1. The number of aromatic nitrogens is 2. The molecule has 128 valence electrons. The molecule has 0 aliphatic rings. The van der Waals surface area contributed by atoms with Crippen LogP contribution >= 0.6 is 0 Å². The van der Waals surface area contributed by atoms with Crippen molar-refractivity contribution in [3.63, 3.8) is 0 Å². The van der Waals surface area contributed by atoms with Crippen LogP contribution in [0.15, 0.2) is 42.7 Å². The topological polar surface area (TPSA) is 72.2 Å². The summed E-state index contributed by atoms with van der Waals surface area (Å²) in [4.78, 5) is 10.4. The molecule has 3 aromatic rings. The third kappa shape index (κ3) is 3.38. The standard InChI is InChI=1S/C19H19N3O3/c1-13-8-14(2)19(15(3)9-13)21-7-6-20(12-21)11-16-10-17(22(24)25)4-5-18(16)23/h4-10,23H,11H2,1-3H3. The minimum atomic E-state index is -0.471. The van der Waals surface area contributed by atoms with E-state index >= 15 is 0 Å². The number of phenolic OH excluding ortho intramolecular Hbond substituents is 1. The van der Waals surface area contributed by atoms with Gasteiger partial charge >= 0.3 is 0 Å². The minimum Gasteiger partial charge on any atom is -0.508 e. The Kier molecular flexibility index (Phi) is 4.27. The van der Waals surface area contributed by atoms with Gasteiger partial charge in [0.05, 0.1) is 10.6 Å². The number of benzene rings is 2. The summed E-state index contributed by atoms with van der Waals surface area (Å²) in [6, 6.07) is 8.26. The molecule has 0 fully saturated rings. The number of hydrogen-bond donors (Lipinski definition) is 1. The molecular weight excluding hydrogens is 318 g/mol. The first-order valence-electron chi connectivity index (χ1n) is 7.90. The predicted molar refractivity (Wildman–Crippen MR) is 92.9 cm³/mol. The van der Waals surface area contributed by atoms with Gasteiger partial charge in [-0.25, -0.2) is 0 Å². The number of aromatic hydroxyl groups is 1. The van der Waals surface area contributed by atoms with Gasteiger partial charge in [-0.2, -0.15) is 0 Å². The van der Waals surface area contributed by atoms with Gasteiger partial charge in [-0.05, 0) is 38.0 Å². The van der Waals surface area contributed by atoms with E-state index in [-0.39, 0.29) is 11.4 Å². The largest absolute Gasteiger partial charge is 0.508 e. The number of nitro groups is 1. The van der Waals surface area contributed by atoms with E-state index < -0.39 is 4.92 Å². The third-order valence-corrected chi connectivity index (χ3v) is 4.12. The summed E-state index contributed by atoms with van der Waals surface area (Å²) in [5, 5.41) is 20.9. The highest BCUT2D eigenvalue weighted by Crippen LogP contribution is 2.23. The van der Waals surface area contributed by atoms with Crippen molar-refractivity contribution in [2.24, 2.45) is 0 Å². The van der Waals surface area contributed by atoms with Crippen LogP contribution in [0.4, 0.5) is 5.69 Å². The zero-order valence-corrected chi connectivity index (χ0v) is 14.4. The number of imidazole rings is 1. The Morgan fingerprint density at radius 1 is 1.20 bits per heavy atom. The van der Waals surface area contributed by atoms with Crippen molar-refractivity contribution in [1.29, 1.82) is 0 Å². The molecule has 0 spiro atoms. The van der Waals surface area contributed by atoms with Crippen molar-refractivity contribution in [2.75, 3.05) is 0 Å². The molecule has 0 amide bonds. The molecule has 0 atom stereocenters. The van der Waals surface area contributed by atoms with Crippen LogP contribution in [0.5, 0.6) is 5.75 Å². The number of rotatable bonds is 4. The van der Waals surface area contributed by atoms with E-state index in [9.17, 15) is 15.2 Å². The minimum absolute atomic E-state index is 0.0296. The van der Waals surface area contributed by atoms with Gasteiger partial charge in [-0.1, -0.05) is 17.7 Å². The van der Waals surface area contributed by atoms with Gasteiger partial charge < -0.3 is 14.2 Å². The second-order valence-corrected chi connectivity index (χ2v) is 6.21. The zero-order valence-electron chi connectivity index (χ0n) is 14.4. The molecular formula is C19H19N3O3. The number of non-ortho nitro benzene ring substituents is 1. The molecule has 25 heavy (non-hydrogen) atoms. The summed E-state index contributed by atoms with van der Waals surface area (Å²) in [7, 11) is 0. The van der Waals surface area contributed by atoms with Gasteiger partial charge in [0.25, 0.3) is 5.69 Å². The summed E-state index contributed by atoms with van der Waals surface area (Å²) >= 11 is 0. The lowest BCUT2D eigenvalue weighted by Gasteiger charge is -2.12. The van der Waals surface area contributed by atoms with Gasteiger partial charge in [0, 0.05) is 30.1 Å². The zero-order chi connectivity index (χ0) is 18.1.